The number of carboxylic acids is 1. The van der Waals surface area contributed by atoms with Crippen molar-refractivity contribution in [2.24, 2.45) is 0 Å². The van der Waals surface area contributed by atoms with Crippen LogP contribution in [-0.4, -0.2) is 17.7 Å². The second-order valence-electron chi connectivity index (χ2n) is 5.86. The van der Waals surface area contributed by atoms with E-state index in [2.05, 4.69) is 48.5 Å². The maximum absolute atomic E-state index is 10.6. The van der Waals surface area contributed by atoms with Crippen LogP contribution in [0.4, 0.5) is 0 Å². The molecule has 0 saturated carbocycles. The Kier molecular flexibility index (Phi) is 3.54. The minimum atomic E-state index is -0.974. The fourth-order valence-corrected chi connectivity index (χ4v) is 3.42. The first-order chi connectivity index (χ1) is 11.7. The van der Waals surface area contributed by atoms with Crippen molar-refractivity contribution >= 4 is 5.97 Å². The third-order valence-corrected chi connectivity index (χ3v) is 4.41. The monoisotopic (exact) mass is 316 g/mol. The van der Waals surface area contributed by atoms with E-state index in [-0.39, 0.29) is 12.5 Å². The quantitative estimate of drug-likeness (QED) is 0.610. The molecule has 0 heterocycles. The predicted molar refractivity (Wildman–Crippen MR) is 92.4 cm³/mol. The molecule has 3 aromatic carbocycles. The zero-order valence-electron chi connectivity index (χ0n) is 13.0. The summed E-state index contributed by atoms with van der Waals surface area (Å²) in [5.41, 5.74) is 6.35. The van der Waals surface area contributed by atoms with E-state index in [1.165, 1.54) is 27.8 Å². The molecular weight excluding hydrogens is 300 g/mol. The van der Waals surface area contributed by atoms with Gasteiger partial charge in [-0.05, 0) is 39.9 Å². The standard InChI is InChI=1S/C21H16O3/c22-20(23)13-24-15-11-9-14(10-12-15)21-18-7-3-1-5-16(18)17-6-2-4-8-19(17)21/h1-12,21H,13H2,(H,22,23). The van der Waals surface area contributed by atoms with Crippen LogP contribution in [0.5, 0.6) is 5.75 Å². The van der Waals surface area contributed by atoms with Crippen molar-refractivity contribution in [3.8, 4) is 16.9 Å². The van der Waals surface area contributed by atoms with Gasteiger partial charge < -0.3 is 9.84 Å². The number of benzene rings is 3. The van der Waals surface area contributed by atoms with Crippen molar-refractivity contribution in [1.29, 1.82) is 0 Å². The maximum atomic E-state index is 10.6. The fraction of sp³-hybridized carbons (Fsp3) is 0.0952. The van der Waals surface area contributed by atoms with E-state index in [0.29, 0.717) is 5.75 Å². The van der Waals surface area contributed by atoms with Gasteiger partial charge in [0, 0.05) is 5.92 Å². The average molecular weight is 316 g/mol. The van der Waals surface area contributed by atoms with E-state index in [9.17, 15) is 4.79 Å². The third-order valence-electron chi connectivity index (χ3n) is 4.41. The normalized spacial score (nSPS) is 12.5. The Morgan fingerprint density at radius 3 is 1.92 bits per heavy atom. The van der Waals surface area contributed by atoms with Crippen molar-refractivity contribution < 1.29 is 14.6 Å². The van der Waals surface area contributed by atoms with Gasteiger partial charge in [0.05, 0.1) is 0 Å². The van der Waals surface area contributed by atoms with E-state index in [1.807, 2.05) is 24.3 Å². The highest BCUT2D eigenvalue weighted by Gasteiger charge is 2.28. The number of aliphatic carboxylic acids is 1. The highest BCUT2D eigenvalue weighted by Crippen LogP contribution is 2.47. The molecule has 24 heavy (non-hydrogen) atoms. The van der Waals surface area contributed by atoms with Gasteiger partial charge in [0.2, 0.25) is 0 Å². The second kappa shape index (κ2) is 5.85. The van der Waals surface area contributed by atoms with E-state index < -0.39 is 5.97 Å². The summed E-state index contributed by atoms with van der Waals surface area (Å²) >= 11 is 0. The molecule has 0 atom stereocenters. The highest BCUT2D eigenvalue weighted by atomic mass is 16.5. The van der Waals surface area contributed by atoms with Crippen molar-refractivity contribution in [2.75, 3.05) is 6.61 Å². The lowest BCUT2D eigenvalue weighted by molar-refractivity contribution is -0.139. The van der Waals surface area contributed by atoms with Crippen LogP contribution in [0, 0.1) is 0 Å². The molecule has 1 aliphatic carbocycles. The Labute approximate surface area is 140 Å². The largest absolute Gasteiger partial charge is 0.482 e. The number of fused-ring (bicyclic) bond motifs is 3. The Hall–Kier alpha value is -3.07. The van der Waals surface area contributed by atoms with Gasteiger partial charge in [-0.15, -0.1) is 0 Å². The third kappa shape index (κ3) is 2.44. The molecule has 118 valence electrons. The summed E-state index contributed by atoms with van der Waals surface area (Å²) in [6, 6.07) is 24.7. The Morgan fingerprint density at radius 1 is 0.833 bits per heavy atom. The molecule has 0 bridgehead atoms. The number of hydrogen-bond donors (Lipinski definition) is 1. The summed E-state index contributed by atoms with van der Waals surface area (Å²) in [6.45, 7) is -0.325. The lowest BCUT2D eigenvalue weighted by Gasteiger charge is -2.15. The topological polar surface area (TPSA) is 46.5 Å². The summed E-state index contributed by atoms with van der Waals surface area (Å²) in [7, 11) is 0. The zero-order valence-corrected chi connectivity index (χ0v) is 13.0. The average Bonchev–Trinajstić information content (AvgIpc) is 2.95. The van der Waals surface area contributed by atoms with Gasteiger partial charge in [-0.25, -0.2) is 4.79 Å². The molecule has 0 aromatic heterocycles. The highest BCUT2D eigenvalue weighted by molar-refractivity contribution is 5.80. The molecule has 1 N–H and O–H groups in total. The van der Waals surface area contributed by atoms with Crippen LogP contribution in [0.15, 0.2) is 72.8 Å². The molecule has 3 heteroatoms. The van der Waals surface area contributed by atoms with Crippen LogP contribution >= 0.6 is 0 Å². The summed E-state index contributed by atoms with van der Waals surface area (Å²) in [4.78, 5) is 10.6. The zero-order chi connectivity index (χ0) is 16.5. The van der Waals surface area contributed by atoms with Crippen molar-refractivity contribution in [1.82, 2.24) is 0 Å². The van der Waals surface area contributed by atoms with Crippen molar-refractivity contribution in [2.45, 2.75) is 5.92 Å². The molecule has 3 nitrogen and oxygen atoms in total. The van der Waals surface area contributed by atoms with E-state index in [0.717, 1.165) is 0 Å². The van der Waals surface area contributed by atoms with Gasteiger partial charge in [0.15, 0.2) is 6.61 Å². The lowest BCUT2D eigenvalue weighted by atomic mass is 9.89. The minimum Gasteiger partial charge on any atom is -0.482 e. The lowest BCUT2D eigenvalue weighted by Crippen LogP contribution is -2.09. The minimum absolute atomic E-state index is 0.200. The van der Waals surface area contributed by atoms with Gasteiger partial charge >= 0.3 is 5.97 Å². The van der Waals surface area contributed by atoms with Crippen molar-refractivity contribution in [3.63, 3.8) is 0 Å². The number of rotatable bonds is 4. The number of ether oxygens (including phenoxy) is 1. The van der Waals surface area contributed by atoms with E-state index in [4.69, 9.17) is 9.84 Å². The van der Waals surface area contributed by atoms with Crippen LogP contribution in [-0.2, 0) is 4.79 Å². The smallest absolute Gasteiger partial charge is 0.341 e. The summed E-state index contributed by atoms with van der Waals surface area (Å²) in [5.74, 6) is -0.204. The van der Waals surface area contributed by atoms with Gasteiger partial charge in [-0.1, -0.05) is 60.7 Å². The van der Waals surface area contributed by atoms with Crippen LogP contribution in [0.25, 0.3) is 11.1 Å². The summed E-state index contributed by atoms with van der Waals surface area (Å²) < 4.78 is 5.22. The second-order valence-corrected chi connectivity index (χ2v) is 5.86. The van der Waals surface area contributed by atoms with Crippen molar-refractivity contribution in [3.05, 3.63) is 89.5 Å². The molecule has 0 saturated heterocycles. The Morgan fingerprint density at radius 2 is 1.38 bits per heavy atom. The molecule has 3 aromatic rings. The molecule has 0 unspecified atom stereocenters. The first-order valence-electron chi connectivity index (χ1n) is 7.87. The van der Waals surface area contributed by atoms with Crippen LogP contribution in [0.2, 0.25) is 0 Å². The van der Waals surface area contributed by atoms with E-state index in [1.54, 1.807) is 0 Å². The SMILES string of the molecule is O=C(O)COc1ccc(C2c3ccccc3-c3ccccc32)cc1. The van der Waals surface area contributed by atoms with Gasteiger partial charge in [0.1, 0.15) is 5.75 Å². The molecule has 1 aliphatic rings. The molecule has 0 fully saturated rings. The first-order valence-corrected chi connectivity index (χ1v) is 7.87. The Bertz CT molecular complexity index is 851. The number of carboxylic acid groups (broad SMARTS) is 1. The molecule has 0 amide bonds. The number of carbonyl (C=O) groups is 1. The molecular formula is C21H16O3. The van der Waals surface area contributed by atoms with Crippen LogP contribution in [0.3, 0.4) is 0 Å². The van der Waals surface area contributed by atoms with Gasteiger partial charge in [-0.2, -0.15) is 0 Å². The van der Waals surface area contributed by atoms with E-state index >= 15 is 0 Å². The predicted octanol–water partition coefficient (Wildman–Crippen LogP) is 4.31. The summed E-state index contributed by atoms with van der Waals surface area (Å²) in [6.07, 6.45) is 0. The molecule has 4 rings (SSSR count). The van der Waals surface area contributed by atoms with Crippen LogP contribution in [0.1, 0.15) is 22.6 Å². The summed E-state index contributed by atoms with van der Waals surface area (Å²) in [5, 5.41) is 8.70. The van der Waals surface area contributed by atoms with Gasteiger partial charge in [-0.3, -0.25) is 0 Å². The van der Waals surface area contributed by atoms with Crippen LogP contribution < -0.4 is 4.74 Å². The molecule has 0 spiro atoms. The van der Waals surface area contributed by atoms with Gasteiger partial charge in [0.25, 0.3) is 0 Å². The number of hydrogen-bond acceptors (Lipinski definition) is 2. The first kappa shape index (κ1) is 14.5. The maximum Gasteiger partial charge on any atom is 0.341 e. The Balaban J connectivity index is 1.72. The molecule has 0 radical (unpaired) electrons. The fourth-order valence-electron chi connectivity index (χ4n) is 3.42. The molecule has 0 aliphatic heterocycles.